The van der Waals surface area contributed by atoms with E-state index in [9.17, 15) is 8.78 Å². The van der Waals surface area contributed by atoms with Crippen LogP contribution < -0.4 is 11.3 Å². The molecule has 0 spiro atoms. The second-order valence-corrected chi connectivity index (χ2v) is 4.97. The third-order valence-electron chi connectivity index (χ3n) is 2.98. The first-order valence-electron chi connectivity index (χ1n) is 5.97. The quantitative estimate of drug-likeness (QED) is 0.510. The second-order valence-electron chi connectivity index (χ2n) is 4.18. The number of nitrogens with zero attached hydrogens (tertiary/aromatic N) is 2. The number of nitrogens with one attached hydrogen (secondary N) is 1. The van der Waals surface area contributed by atoms with Crippen molar-refractivity contribution in [2.75, 3.05) is 5.43 Å². The molecule has 0 unspecified atom stereocenters. The van der Waals surface area contributed by atoms with Crippen LogP contribution in [-0.4, -0.2) is 9.97 Å². The maximum absolute atomic E-state index is 13.6. The monoisotopic (exact) mass is 342 g/mol. The molecule has 2 aromatic rings. The zero-order valence-electron chi connectivity index (χ0n) is 11.0. The normalized spacial score (nSPS) is 10.7. The first kappa shape index (κ1) is 14.8. The van der Waals surface area contributed by atoms with Crippen molar-refractivity contribution >= 4 is 21.7 Å². The van der Waals surface area contributed by atoms with E-state index < -0.39 is 11.6 Å². The van der Waals surface area contributed by atoms with Crippen molar-refractivity contribution in [1.29, 1.82) is 0 Å². The number of anilines is 1. The smallest absolute Gasteiger partial charge is 0.173 e. The third kappa shape index (κ3) is 2.51. The molecule has 0 atom stereocenters. The van der Waals surface area contributed by atoms with E-state index in [1.54, 1.807) is 0 Å². The van der Waals surface area contributed by atoms with Crippen molar-refractivity contribution in [2.45, 2.75) is 20.3 Å². The van der Waals surface area contributed by atoms with Crippen molar-refractivity contribution in [3.63, 3.8) is 0 Å². The van der Waals surface area contributed by atoms with Gasteiger partial charge in [0.15, 0.2) is 17.5 Å². The summed E-state index contributed by atoms with van der Waals surface area (Å²) in [5, 5.41) is 0. The van der Waals surface area contributed by atoms with Crippen LogP contribution in [0.5, 0.6) is 0 Å². The fourth-order valence-electron chi connectivity index (χ4n) is 1.96. The summed E-state index contributed by atoms with van der Waals surface area (Å²) >= 11 is 3.03. The van der Waals surface area contributed by atoms with Gasteiger partial charge >= 0.3 is 0 Å². The molecule has 0 amide bonds. The van der Waals surface area contributed by atoms with Crippen LogP contribution in [0.1, 0.15) is 18.2 Å². The highest BCUT2D eigenvalue weighted by molar-refractivity contribution is 9.10. The number of aryl methyl sites for hydroxylation is 1. The minimum atomic E-state index is -0.967. The van der Waals surface area contributed by atoms with E-state index in [0.717, 1.165) is 17.3 Å². The summed E-state index contributed by atoms with van der Waals surface area (Å²) in [4.78, 5) is 8.59. The lowest BCUT2D eigenvalue weighted by atomic mass is 10.1. The van der Waals surface area contributed by atoms with Crippen LogP contribution in [0, 0.1) is 18.6 Å². The number of nitrogen functional groups attached to an aromatic ring is 1. The molecule has 0 fully saturated rings. The summed E-state index contributed by atoms with van der Waals surface area (Å²) in [5.41, 5.74) is 4.50. The van der Waals surface area contributed by atoms with Crippen LogP contribution in [-0.2, 0) is 6.42 Å². The Hall–Kier alpha value is -1.60. The first-order valence-corrected chi connectivity index (χ1v) is 6.76. The third-order valence-corrected chi connectivity index (χ3v) is 3.76. The summed E-state index contributed by atoms with van der Waals surface area (Å²) in [6, 6.07) is 2.46. The Morgan fingerprint density at radius 3 is 2.60 bits per heavy atom. The molecule has 0 saturated carbocycles. The minimum absolute atomic E-state index is 0.0101. The van der Waals surface area contributed by atoms with E-state index in [1.807, 2.05) is 13.8 Å². The van der Waals surface area contributed by atoms with Gasteiger partial charge in [-0.15, -0.1) is 0 Å². The molecule has 0 aliphatic heterocycles. The largest absolute Gasteiger partial charge is 0.308 e. The molecule has 1 aromatic carbocycles. The van der Waals surface area contributed by atoms with Crippen molar-refractivity contribution in [1.82, 2.24) is 9.97 Å². The molecular weight excluding hydrogens is 330 g/mol. The maximum Gasteiger partial charge on any atom is 0.173 e. The molecule has 106 valence electrons. The van der Waals surface area contributed by atoms with Crippen LogP contribution in [0.2, 0.25) is 0 Å². The topological polar surface area (TPSA) is 63.8 Å². The molecule has 0 radical (unpaired) electrons. The number of aromatic nitrogens is 2. The average molecular weight is 343 g/mol. The Bertz CT molecular complexity index is 661. The standard InChI is InChI=1S/C13H13BrF2N4/c1-3-7-6(2)18-12(19-13(7)20-17)8-4-5-9(15)11(16)10(8)14/h4-5H,3,17H2,1-2H3,(H,18,19,20). The second kappa shape index (κ2) is 5.80. The highest BCUT2D eigenvalue weighted by atomic mass is 79.9. The molecule has 1 heterocycles. The number of hydrazine groups is 1. The Morgan fingerprint density at radius 1 is 1.30 bits per heavy atom. The summed E-state index contributed by atoms with van der Waals surface area (Å²) < 4.78 is 26.7. The fraction of sp³-hybridized carbons (Fsp3) is 0.231. The predicted octanol–water partition coefficient (Wildman–Crippen LogP) is 3.34. The van der Waals surface area contributed by atoms with Gasteiger partial charge in [-0.05, 0) is 41.4 Å². The SMILES string of the molecule is CCc1c(C)nc(-c2ccc(F)c(F)c2Br)nc1NN. The molecule has 2 rings (SSSR count). The summed E-state index contributed by atoms with van der Waals surface area (Å²) in [7, 11) is 0. The number of rotatable bonds is 3. The lowest BCUT2D eigenvalue weighted by Crippen LogP contribution is -2.13. The van der Waals surface area contributed by atoms with Gasteiger partial charge in [0.25, 0.3) is 0 Å². The molecule has 3 N–H and O–H groups in total. The Morgan fingerprint density at radius 2 is 2.00 bits per heavy atom. The Balaban J connectivity index is 2.65. The Kier molecular flexibility index (Phi) is 4.29. The van der Waals surface area contributed by atoms with Crippen molar-refractivity contribution in [2.24, 2.45) is 5.84 Å². The lowest BCUT2D eigenvalue weighted by Gasteiger charge is -2.12. The van der Waals surface area contributed by atoms with Crippen molar-refractivity contribution in [3.8, 4) is 11.4 Å². The van der Waals surface area contributed by atoms with Gasteiger partial charge in [0.2, 0.25) is 0 Å². The zero-order valence-corrected chi connectivity index (χ0v) is 12.6. The van der Waals surface area contributed by atoms with Gasteiger partial charge < -0.3 is 5.43 Å². The van der Waals surface area contributed by atoms with Crippen LogP contribution in [0.25, 0.3) is 11.4 Å². The van der Waals surface area contributed by atoms with E-state index >= 15 is 0 Å². The maximum atomic E-state index is 13.6. The average Bonchev–Trinajstić information content (AvgIpc) is 2.44. The van der Waals surface area contributed by atoms with Crippen molar-refractivity contribution < 1.29 is 8.78 Å². The number of benzene rings is 1. The predicted molar refractivity (Wildman–Crippen MR) is 77.0 cm³/mol. The highest BCUT2D eigenvalue weighted by Gasteiger charge is 2.17. The van der Waals surface area contributed by atoms with Crippen LogP contribution in [0.15, 0.2) is 16.6 Å². The van der Waals surface area contributed by atoms with Gasteiger partial charge in [-0.3, -0.25) is 0 Å². The van der Waals surface area contributed by atoms with E-state index in [1.165, 1.54) is 6.07 Å². The molecule has 0 aliphatic rings. The van der Waals surface area contributed by atoms with Gasteiger partial charge in [-0.1, -0.05) is 6.92 Å². The number of hydrogen-bond acceptors (Lipinski definition) is 4. The van der Waals surface area contributed by atoms with E-state index in [2.05, 4.69) is 31.3 Å². The van der Waals surface area contributed by atoms with Gasteiger partial charge in [-0.25, -0.2) is 24.6 Å². The van der Waals surface area contributed by atoms with Gasteiger partial charge in [0.05, 0.1) is 4.47 Å². The van der Waals surface area contributed by atoms with Gasteiger partial charge in [0, 0.05) is 16.8 Å². The van der Waals surface area contributed by atoms with Crippen LogP contribution >= 0.6 is 15.9 Å². The number of halogens is 3. The summed E-state index contributed by atoms with van der Waals surface area (Å²) in [6.07, 6.45) is 0.713. The summed E-state index contributed by atoms with van der Waals surface area (Å²) in [5.74, 6) is 4.30. The molecule has 20 heavy (non-hydrogen) atoms. The first-order chi connectivity index (χ1) is 9.49. The molecule has 0 saturated heterocycles. The molecule has 0 aliphatic carbocycles. The molecule has 1 aromatic heterocycles. The zero-order chi connectivity index (χ0) is 14.9. The minimum Gasteiger partial charge on any atom is -0.308 e. The van der Waals surface area contributed by atoms with Crippen molar-refractivity contribution in [3.05, 3.63) is 39.5 Å². The molecule has 4 nitrogen and oxygen atoms in total. The number of nitrogens with two attached hydrogens (primary N) is 1. The number of hydrogen-bond donors (Lipinski definition) is 2. The van der Waals surface area contributed by atoms with Gasteiger partial charge in [-0.2, -0.15) is 0 Å². The van der Waals surface area contributed by atoms with E-state index in [-0.39, 0.29) is 10.3 Å². The highest BCUT2D eigenvalue weighted by Crippen LogP contribution is 2.31. The molecular formula is C13H13BrF2N4. The van der Waals surface area contributed by atoms with Crippen LogP contribution in [0.3, 0.4) is 0 Å². The van der Waals surface area contributed by atoms with E-state index in [4.69, 9.17) is 5.84 Å². The molecule has 0 bridgehead atoms. The summed E-state index contributed by atoms with van der Waals surface area (Å²) in [6.45, 7) is 3.78. The van der Waals surface area contributed by atoms with E-state index in [0.29, 0.717) is 17.8 Å². The van der Waals surface area contributed by atoms with Crippen LogP contribution in [0.4, 0.5) is 14.6 Å². The molecule has 7 heteroatoms. The lowest BCUT2D eigenvalue weighted by molar-refractivity contribution is 0.504. The fourth-order valence-corrected chi connectivity index (χ4v) is 2.46. The Labute approximate surface area is 123 Å². The van der Waals surface area contributed by atoms with Gasteiger partial charge in [0.1, 0.15) is 5.82 Å².